The van der Waals surface area contributed by atoms with Crippen molar-refractivity contribution in [3.63, 3.8) is 0 Å². The van der Waals surface area contributed by atoms with E-state index in [0.29, 0.717) is 21.6 Å². The molecule has 2 rings (SSSR count). The summed E-state index contributed by atoms with van der Waals surface area (Å²) in [5.74, 6) is -0.206. The van der Waals surface area contributed by atoms with E-state index < -0.39 is 0 Å². The molecular weight excluding hydrogens is 339 g/mol. The second-order valence-electron chi connectivity index (χ2n) is 4.34. The standard InChI is InChI=1S/C15H14BrFN2O2/c16-13-6-1-10(17)9-14(13)21-8-7-15(20)19-12-4-2-11(18)3-5-12/h1-6,9H,7-8,18H2,(H,19,20). The number of carbonyl (C=O) groups is 1. The van der Waals surface area contributed by atoms with Gasteiger partial charge in [-0.3, -0.25) is 4.79 Å². The highest BCUT2D eigenvalue weighted by Crippen LogP contribution is 2.25. The summed E-state index contributed by atoms with van der Waals surface area (Å²) in [7, 11) is 0. The number of anilines is 2. The van der Waals surface area contributed by atoms with Crippen LogP contribution < -0.4 is 15.8 Å². The van der Waals surface area contributed by atoms with Crippen LogP contribution in [-0.4, -0.2) is 12.5 Å². The van der Waals surface area contributed by atoms with Gasteiger partial charge in [-0.25, -0.2) is 4.39 Å². The van der Waals surface area contributed by atoms with Crippen molar-refractivity contribution in [1.82, 2.24) is 0 Å². The Kier molecular flexibility index (Phi) is 5.16. The number of nitrogen functional groups attached to an aromatic ring is 1. The maximum absolute atomic E-state index is 13.1. The van der Waals surface area contributed by atoms with Crippen molar-refractivity contribution >= 4 is 33.2 Å². The van der Waals surface area contributed by atoms with Crippen LogP contribution in [0, 0.1) is 5.82 Å². The van der Waals surface area contributed by atoms with Crippen molar-refractivity contribution in [3.8, 4) is 5.75 Å². The fourth-order valence-electron chi connectivity index (χ4n) is 1.63. The molecule has 0 heterocycles. The van der Waals surface area contributed by atoms with Crippen LogP contribution in [0.3, 0.4) is 0 Å². The molecule has 0 atom stereocenters. The summed E-state index contributed by atoms with van der Waals surface area (Å²) in [6.45, 7) is 0.156. The molecule has 6 heteroatoms. The SMILES string of the molecule is Nc1ccc(NC(=O)CCOc2cc(F)ccc2Br)cc1. The number of ether oxygens (including phenoxy) is 1. The van der Waals surface area contributed by atoms with Crippen LogP contribution in [0.15, 0.2) is 46.9 Å². The molecule has 2 aromatic rings. The molecule has 2 aromatic carbocycles. The van der Waals surface area contributed by atoms with Gasteiger partial charge in [0.15, 0.2) is 0 Å². The molecule has 0 aliphatic rings. The van der Waals surface area contributed by atoms with Crippen molar-refractivity contribution < 1.29 is 13.9 Å². The van der Waals surface area contributed by atoms with Crippen LogP contribution in [0.5, 0.6) is 5.75 Å². The first-order chi connectivity index (χ1) is 10.0. The van der Waals surface area contributed by atoms with Crippen LogP contribution in [0.4, 0.5) is 15.8 Å². The first kappa shape index (κ1) is 15.3. The number of nitrogens with two attached hydrogens (primary N) is 1. The Hall–Kier alpha value is -2.08. The zero-order valence-corrected chi connectivity index (χ0v) is 12.7. The monoisotopic (exact) mass is 352 g/mol. The molecule has 0 bridgehead atoms. The van der Waals surface area contributed by atoms with E-state index in [0.717, 1.165) is 0 Å². The van der Waals surface area contributed by atoms with Gasteiger partial charge in [0.2, 0.25) is 5.91 Å². The van der Waals surface area contributed by atoms with Crippen LogP contribution in [0.1, 0.15) is 6.42 Å². The Morgan fingerprint density at radius 3 is 2.67 bits per heavy atom. The third kappa shape index (κ3) is 4.75. The van der Waals surface area contributed by atoms with Crippen molar-refractivity contribution in [1.29, 1.82) is 0 Å². The van der Waals surface area contributed by atoms with Gasteiger partial charge in [-0.15, -0.1) is 0 Å². The molecule has 0 fully saturated rings. The molecule has 4 nitrogen and oxygen atoms in total. The maximum atomic E-state index is 13.1. The van der Waals surface area contributed by atoms with Gasteiger partial charge in [0.25, 0.3) is 0 Å². The highest BCUT2D eigenvalue weighted by atomic mass is 79.9. The number of rotatable bonds is 5. The largest absolute Gasteiger partial charge is 0.492 e. The number of halogens is 2. The summed E-state index contributed by atoms with van der Waals surface area (Å²) >= 11 is 3.25. The topological polar surface area (TPSA) is 64.3 Å². The van der Waals surface area contributed by atoms with E-state index in [1.165, 1.54) is 12.1 Å². The lowest BCUT2D eigenvalue weighted by molar-refractivity contribution is -0.116. The van der Waals surface area contributed by atoms with E-state index >= 15 is 0 Å². The van der Waals surface area contributed by atoms with Crippen molar-refractivity contribution in [3.05, 3.63) is 52.8 Å². The average Bonchev–Trinajstić information content (AvgIpc) is 2.45. The molecule has 21 heavy (non-hydrogen) atoms. The van der Waals surface area contributed by atoms with Gasteiger partial charge in [0.1, 0.15) is 11.6 Å². The van der Waals surface area contributed by atoms with Gasteiger partial charge in [0.05, 0.1) is 17.5 Å². The first-order valence-electron chi connectivity index (χ1n) is 6.28. The van der Waals surface area contributed by atoms with Crippen LogP contribution >= 0.6 is 15.9 Å². The zero-order valence-electron chi connectivity index (χ0n) is 11.1. The van der Waals surface area contributed by atoms with Crippen LogP contribution in [-0.2, 0) is 4.79 Å². The second-order valence-corrected chi connectivity index (χ2v) is 5.20. The molecule has 0 aliphatic carbocycles. The van der Waals surface area contributed by atoms with Gasteiger partial charge >= 0.3 is 0 Å². The number of amides is 1. The Morgan fingerprint density at radius 2 is 1.95 bits per heavy atom. The molecule has 110 valence electrons. The summed E-state index contributed by atoms with van der Waals surface area (Å²) in [6.07, 6.45) is 0.160. The van der Waals surface area contributed by atoms with Gasteiger partial charge in [0, 0.05) is 17.4 Å². The summed E-state index contributed by atoms with van der Waals surface area (Å²) < 4.78 is 19.1. The maximum Gasteiger partial charge on any atom is 0.227 e. The van der Waals surface area contributed by atoms with Gasteiger partial charge < -0.3 is 15.8 Å². The van der Waals surface area contributed by atoms with E-state index in [4.69, 9.17) is 10.5 Å². The molecule has 0 saturated heterocycles. The third-order valence-corrected chi connectivity index (χ3v) is 3.33. The molecular formula is C15H14BrFN2O2. The fraction of sp³-hybridized carbons (Fsp3) is 0.133. The molecule has 0 radical (unpaired) electrons. The summed E-state index contributed by atoms with van der Waals surface area (Å²) in [4.78, 5) is 11.7. The molecule has 0 aromatic heterocycles. The van der Waals surface area contributed by atoms with E-state index in [9.17, 15) is 9.18 Å². The van der Waals surface area contributed by atoms with E-state index in [2.05, 4.69) is 21.2 Å². The lowest BCUT2D eigenvalue weighted by Gasteiger charge is -2.09. The fourth-order valence-corrected chi connectivity index (χ4v) is 1.99. The number of hydrogen-bond acceptors (Lipinski definition) is 3. The van der Waals surface area contributed by atoms with E-state index in [-0.39, 0.29) is 24.8 Å². The number of benzene rings is 2. The first-order valence-corrected chi connectivity index (χ1v) is 7.07. The lowest BCUT2D eigenvalue weighted by atomic mass is 10.3. The normalized spacial score (nSPS) is 10.2. The third-order valence-electron chi connectivity index (χ3n) is 2.67. The lowest BCUT2D eigenvalue weighted by Crippen LogP contribution is -2.15. The minimum atomic E-state index is -0.389. The Bertz CT molecular complexity index is 632. The predicted octanol–water partition coefficient (Wildman–Crippen LogP) is 3.58. The van der Waals surface area contributed by atoms with Crippen molar-refractivity contribution in [2.75, 3.05) is 17.7 Å². The summed E-state index contributed by atoms with van der Waals surface area (Å²) in [5, 5.41) is 2.72. The van der Waals surface area contributed by atoms with Gasteiger partial charge in [-0.05, 0) is 52.3 Å². The van der Waals surface area contributed by atoms with Crippen molar-refractivity contribution in [2.24, 2.45) is 0 Å². The smallest absolute Gasteiger partial charge is 0.227 e. The summed E-state index contributed by atoms with van der Waals surface area (Å²) in [6, 6.07) is 11.0. The van der Waals surface area contributed by atoms with Gasteiger partial charge in [-0.2, -0.15) is 0 Å². The number of nitrogens with one attached hydrogen (secondary N) is 1. The molecule has 1 amide bonds. The Labute approximate surface area is 130 Å². The second kappa shape index (κ2) is 7.08. The highest BCUT2D eigenvalue weighted by Gasteiger charge is 2.06. The van der Waals surface area contributed by atoms with Crippen molar-refractivity contribution in [2.45, 2.75) is 6.42 Å². The zero-order chi connectivity index (χ0) is 15.2. The minimum absolute atomic E-state index is 0.156. The minimum Gasteiger partial charge on any atom is -0.492 e. The predicted molar refractivity (Wildman–Crippen MR) is 83.7 cm³/mol. The average molecular weight is 353 g/mol. The quantitative estimate of drug-likeness (QED) is 0.808. The van der Waals surface area contributed by atoms with Gasteiger partial charge in [-0.1, -0.05) is 0 Å². The van der Waals surface area contributed by atoms with E-state index in [1.807, 2.05) is 0 Å². The summed E-state index contributed by atoms with van der Waals surface area (Å²) in [5.41, 5.74) is 6.86. The molecule has 0 spiro atoms. The van der Waals surface area contributed by atoms with Crippen LogP contribution in [0.25, 0.3) is 0 Å². The Balaban J connectivity index is 1.81. The highest BCUT2D eigenvalue weighted by molar-refractivity contribution is 9.10. The molecule has 0 saturated carbocycles. The Morgan fingerprint density at radius 1 is 1.24 bits per heavy atom. The molecule has 0 aliphatic heterocycles. The number of hydrogen-bond donors (Lipinski definition) is 2. The van der Waals surface area contributed by atoms with E-state index in [1.54, 1.807) is 30.3 Å². The molecule has 3 N–H and O–H groups in total. The van der Waals surface area contributed by atoms with Crippen LogP contribution in [0.2, 0.25) is 0 Å². The number of carbonyl (C=O) groups excluding carboxylic acids is 1. The molecule has 0 unspecified atom stereocenters.